The fraction of sp³-hybridized carbons (Fsp3) is 0.214. The summed E-state index contributed by atoms with van der Waals surface area (Å²) in [5, 5.41) is 0. The molecular weight excluding hydrogens is 210 g/mol. The molecule has 0 spiro atoms. The van der Waals surface area contributed by atoms with Crippen molar-refractivity contribution in [1.82, 2.24) is 4.98 Å². The van der Waals surface area contributed by atoms with Crippen LogP contribution in [0.2, 0.25) is 0 Å². The Morgan fingerprint density at radius 1 is 1.12 bits per heavy atom. The second kappa shape index (κ2) is 4.97. The Labute approximate surface area is 102 Å². The average molecular weight is 227 g/mol. The van der Waals surface area contributed by atoms with Gasteiger partial charge in [-0.15, -0.1) is 0 Å². The van der Waals surface area contributed by atoms with Crippen molar-refractivity contribution in [3.63, 3.8) is 0 Å². The SMILES string of the molecule is C[C@@H](N)c1cccnc1N(C)c1ccccc1. The summed E-state index contributed by atoms with van der Waals surface area (Å²) in [5.41, 5.74) is 8.12. The lowest BCUT2D eigenvalue weighted by molar-refractivity contribution is 0.808. The number of nitrogens with two attached hydrogens (primary N) is 1. The largest absolute Gasteiger partial charge is 0.329 e. The summed E-state index contributed by atoms with van der Waals surface area (Å²) >= 11 is 0. The number of nitrogens with zero attached hydrogens (tertiary/aromatic N) is 2. The lowest BCUT2D eigenvalue weighted by Gasteiger charge is -2.22. The van der Waals surface area contributed by atoms with Gasteiger partial charge in [-0.3, -0.25) is 0 Å². The van der Waals surface area contributed by atoms with Crippen LogP contribution in [0.25, 0.3) is 0 Å². The first-order chi connectivity index (χ1) is 8.20. The van der Waals surface area contributed by atoms with Gasteiger partial charge in [-0.25, -0.2) is 4.98 Å². The molecule has 0 aliphatic heterocycles. The molecular formula is C14H17N3. The Morgan fingerprint density at radius 2 is 1.82 bits per heavy atom. The first-order valence-electron chi connectivity index (χ1n) is 5.69. The van der Waals surface area contributed by atoms with Crippen molar-refractivity contribution in [2.45, 2.75) is 13.0 Å². The van der Waals surface area contributed by atoms with Crippen LogP contribution in [0, 0.1) is 0 Å². The molecule has 88 valence electrons. The summed E-state index contributed by atoms with van der Waals surface area (Å²) in [7, 11) is 2.00. The number of hydrogen-bond acceptors (Lipinski definition) is 3. The van der Waals surface area contributed by atoms with E-state index >= 15 is 0 Å². The van der Waals surface area contributed by atoms with Crippen LogP contribution < -0.4 is 10.6 Å². The van der Waals surface area contributed by atoms with Crippen LogP contribution in [-0.4, -0.2) is 12.0 Å². The molecule has 17 heavy (non-hydrogen) atoms. The minimum Gasteiger partial charge on any atom is -0.329 e. The van der Waals surface area contributed by atoms with Crippen molar-refractivity contribution in [1.29, 1.82) is 0 Å². The Morgan fingerprint density at radius 3 is 2.47 bits per heavy atom. The molecule has 0 bridgehead atoms. The van der Waals surface area contributed by atoms with E-state index in [4.69, 9.17) is 5.73 Å². The third-order valence-corrected chi connectivity index (χ3v) is 2.77. The van der Waals surface area contributed by atoms with Crippen molar-refractivity contribution < 1.29 is 0 Å². The highest BCUT2D eigenvalue weighted by molar-refractivity contribution is 5.62. The van der Waals surface area contributed by atoms with Gasteiger partial charge in [0.2, 0.25) is 0 Å². The van der Waals surface area contributed by atoms with Crippen molar-refractivity contribution in [3.8, 4) is 0 Å². The first-order valence-corrected chi connectivity index (χ1v) is 5.69. The number of hydrogen-bond donors (Lipinski definition) is 1. The number of benzene rings is 1. The van der Waals surface area contributed by atoms with E-state index in [-0.39, 0.29) is 6.04 Å². The maximum absolute atomic E-state index is 5.96. The molecule has 0 aliphatic rings. The Balaban J connectivity index is 2.41. The molecule has 0 amide bonds. The summed E-state index contributed by atoms with van der Waals surface area (Å²) in [6.07, 6.45) is 1.79. The predicted octanol–water partition coefficient (Wildman–Crippen LogP) is 2.87. The third-order valence-electron chi connectivity index (χ3n) is 2.77. The molecule has 2 aromatic rings. The van der Waals surface area contributed by atoms with Crippen LogP contribution in [-0.2, 0) is 0 Å². The van der Waals surface area contributed by atoms with Gasteiger partial charge in [0, 0.05) is 30.5 Å². The van der Waals surface area contributed by atoms with Crippen molar-refractivity contribution in [2.24, 2.45) is 5.73 Å². The molecule has 0 unspecified atom stereocenters. The number of aromatic nitrogens is 1. The van der Waals surface area contributed by atoms with Gasteiger partial charge in [0.25, 0.3) is 0 Å². The van der Waals surface area contributed by atoms with E-state index in [1.807, 2.05) is 44.3 Å². The van der Waals surface area contributed by atoms with E-state index < -0.39 is 0 Å². The van der Waals surface area contributed by atoms with Gasteiger partial charge in [-0.2, -0.15) is 0 Å². The van der Waals surface area contributed by atoms with Gasteiger partial charge in [0.1, 0.15) is 5.82 Å². The highest BCUT2D eigenvalue weighted by Gasteiger charge is 2.12. The molecule has 2 N–H and O–H groups in total. The second-order valence-corrected chi connectivity index (χ2v) is 4.10. The Hall–Kier alpha value is -1.87. The van der Waals surface area contributed by atoms with Gasteiger partial charge in [0.05, 0.1) is 0 Å². The summed E-state index contributed by atoms with van der Waals surface area (Å²) < 4.78 is 0. The minimum atomic E-state index is -0.0233. The summed E-state index contributed by atoms with van der Waals surface area (Å²) in [5.74, 6) is 0.911. The van der Waals surface area contributed by atoms with Gasteiger partial charge < -0.3 is 10.6 Å². The lowest BCUT2D eigenvalue weighted by atomic mass is 10.1. The molecule has 1 aromatic heterocycles. The van der Waals surface area contributed by atoms with Gasteiger partial charge in [0.15, 0.2) is 0 Å². The van der Waals surface area contributed by atoms with E-state index in [2.05, 4.69) is 22.0 Å². The minimum absolute atomic E-state index is 0.0233. The van der Waals surface area contributed by atoms with E-state index in [1.54, 1.807) is 6.20 Å². The zero-order chi connectivity index (χ0) is 12.3. The van der Waals surface area contributed by atoms with Crippen LogP contribution in [0.4, 0.5) is 11.5 Å². The molecule has 0 fully saturated rings. The normalized spacial score (nSPS) is 12.2. The van der Waals surface area contributed by atoms with E-state index in [0.717, 1.165) is 17.1 Å². The van der Waals surface area contributed by atoms with Crippen molar-refractivity contribution in [2.75, 3.05) is 11.9 Å². The molecule has 3 heteroatoms. The monoisotopic (exact) mass is 227 g/mol. The number of para-hydroxylation sites is 1. The number of pyridine rings is 1. The fourth-order valence-corrected chi connectivity index (χ4v) is 1.82. The summed E-state index contributed by atoms with van der Waals surface area (Å²) in [6.45, 7) is 1.97. The average Bonchev–Trinajstić information content (AvgIpc) is 2.39. The highest BCUT2D eigenvalue weighted by Crippen LogP contribution is 2.27. The molecule has 0 radical (unpaired) electrons. The van der Waals surface area contributed by atoms with E-state index in [0.29, 0.717) is 0 Å². The first kappa shape index (κ1) is 11.6. The summed E-state index contributed by atoms with van der Waals surface area (Å²) in [6, 6.07) is 14.1. The van der Waals surface area contributed by atoms with Crippen LogP contribution in [0.5, 0.6) is 0 Å². The molecule has 1 heterocycles. The maximum atomic E-state index is 5.96. The van der Waals surface area contributed by atoms with Gasteiger partial charge in [-0.1, -0.05) is 24.3 Å². The van der Waals surface area contributed by atoms with Crippen molar-refractivity contribution in [3.05, 3.63) is 54.2 Å². The molecule has 1 aromatic carbocycles. The quantitative estimate of drug-likeness (QED) is 0.876. The topological polar surface area (TPSA) is 42.1 Å². The molecule has 1 atom stereocenters. The van der Waals surface area contributed by atoms with Crippen LogP contribution in [0.1, 0.15) is 18.5 Å². The van der Waals surface area contributed by atoms with Crippen LogP contribution in [0.15, 0.2) is 48.7 Å². The van der Waals surface area contributed by atoms with Crippen LogP contribution >= 0.6 is 0 Å². The lowest BCUT2D eigenvalue weighted by Crippen LogP contribution is -2.16. The Bertz CT molecular complexity index is 480. The van der Waals surface area contributed by atoms with Gasteiger partial charge >= 0.3 is 0 Å². The molecule has 2 rings (SSSR count). The molecule has 0 saturated heterocycles. The standard InChI is InChI=1S/C14H17N3/c1-11(15)13-9-6-10-16-14(13)17(2)12-7-4-3-5-8-12/h3-11H,15H2,1-2H3/t11-/m1/s1. The third kappa shape index (κ3) is 2.45. The molecule has 3 nitrogen and oxygen atoms in total. The zero-order valence-corrected chi connectivity index (χ0v) is 10.2. The number of anilines is 2. The smallest absolute Gasteiger partial charge is 0.137 e. The molecule has 0 aliphatic carbocycles. The molecule has 0 saturated carbocycles. The maximum Gasteiger partial charge on any atom is 0.137 e. The second-order valence-electron chi connectivity index (χ2n) is 4.10. The zero-order valence-electron chi connectivity index (χ0n) is 10.2. The van der Waals surface area contributed by atoms with E-state index in [9.17, 15) is 0 Å². The predicted molar refractivity (Wildman–Crippen MR) is 71.3 cm³/mol. The van der Waals surface area contributed by atoms with Crippen molar-refractivity contribution >= 4 is 11.5 Å². The van der Waals surface area contributed by atoms with Gasteiger partial charge in [-0.05, 0) is 25.1 Å². The Kier molecular flexibility index (Phi) is 3.40. The van der Waals surface area contributed by atoms with Crippen LogP contribution in [0.3, 0.4) is 0 Å². The van der Waals surface area contributed by atoms with E-state index in [1.165, 1.54) is 0 Å². The number of rotatable bonds is 3. The fourth-order valence-electron chi connectivity index (χ4n) is 1.82. The highest BCUT2D eigenvalue weighted by atomic mass is 15.2. The summed E-state index contributed by atoms with van der Waals surface area (Å²) in [4.78, 5) is 6.48.